The van der Waals surface area contributed by atoms with E-state index < -0.39 is 6.09 Å². The minimum absolute atomic E-state index is 0.141. The number of carbonyl (C=O) groups is 1. The molecule has 0 radical (unpaired) electrons. The molecule has 1 N–H and O–H groups in total. The zero-order chi connectivity index (χ0) is 22.1. The fraction of sp³-hybridized carbons (Fsp3) is 0.542. The molecule has 1 saturated heterocycles. The van der Waals surface area contributed by atoms with Gasteiger partial charge in [0.05, 0.1) is 6.61 Å². The number of hydrogen-bond donors (Lipinski definition) is 1. The van der Waals surface area contributed by atoms with Crippen LogP contribution in [0.1, 0.15) is 29.9 Å². The molecule has 1 amide bonds. The highest BCUT2D eigenvalue weighted by atomic mass is 32.1. The molecule has 2 heterocycles. The predicted octanol–water partition coefficient (Wildman–Crippen LogP) is 4.04. The predicted molar refractivity (Wildman–Crippen MR) is 126 cm³/mol. The number of para-hydroxylation sites is 1. The molecule has 1 aromatic heterocycles. The number of rotatable bonds is 9. The summed E-state index contributed by atoms with van der Waals surface area (Å²) in [6.07, 6.45) is 1.01. The van der Waals surface area contributed by atoms with Crippen LogP contribution in [-0.4, -0.2) is 69.3 Å². The smallest absolute Gasteiger partial charge is 0.406 e. The molecule has 2 aromatic rings. The Morgan fingerprint density at radius 1 is 1.23 bits per heavy atom. The Hall–Kier alpha value is -2.09. The second-order valence-electron chi connectivity index (χ2n) is 8.32. The molecule has 1 aliphatic rings. The van der Waals surface area contributed by atoms with Crippen LogP contribution in [0.15, 0.2) is 41.8 Å². The highest BCUT2D eigenvalue weighted by Crippen LogP contribution is 2.30. The second kappa shape index (κ2) is 12.1. The molecule has 1 aliphatic heterocycles. The van der Waals surface area contributed by atoms with Crippen LogP contribution in [0.4, 0.5) is 4.79 Å². The molecule has 0 aliphatic carbocycles. The Bertz CT molecular complexity index is 799. The molecule has 3 rings (SSSR count). The van der Waals surface area contributed by atoms with Gasteiger partial charge in [-0.2, -0.15) is 0 Å². The second-order valence-corrected chi connectivity index (χ2v) is 9.30. The normalized spacial score (nSPS) is 18.9. The van der Waals surface area contributed by atoms with E-state index >= 15 is 0 Å². The molecular formula is C24H35N3O3S. The van der Waals surface area contributed by atoms with Crippen molar-refractivity contribution in [1.82, 2.24) is 15.1 Å². The SMILES string of the molecule is CNC(=O)OCCC(Oc1ccccc1CCN1CCN(C)CC(C)C1)c1cccs1. The molecule has 1 fully saturated rings. The molecule has 0 bridgehead atoms. The van der Waals surface area contributed by atoms with Crippen LogP contribution in [0.2, 0.25) is 0 Å². The minimum Gasteiger partial charge on any atom is -0.484 e. The minimum atomic E-state index is -0.414. The van der Waals surface area contributed by atoms with Crippen molar-refractivity contribution in [1.29, 1.82) is 0 Å². The Morgan fingerprint density at radius 2 is 2.06 bits per heavy atom. The van der Waals surface area contributed by atoms with Gasteiger partial charge in [-0.05, 0) is 42.5 Å². The van der Waals surface area contributed by atoms with Gasteiger partial charge in [0.1, 0.15) is 11.9 Å². The molecule has 1 aromatic carbocycles. The average Bonchev–Trinajstić information content (AvgIpc) is 3.24. The van der Waals surface area contributed by atoms with Gasteiger partial charge < -0.3 is 24.6 Å². The lowest BCUT2D eigenvalue weighted by Gasteiger charge is -2.23. The van der Waals surface area contributed by atoms with E-state index in [0.29, 0.717) is 18.9 Å². The first kappa shape index (κ1) is 23.6. The fourth-order valence-electron chi connectivity index (χ4n) is 4.05. The molecular weight excluding hydrogens is 410 g/mol. The third kappa shape index (κ3) is 7.52. The number of thiophene rings is 1. The van der Waals surface area contributed by atoms with Crippen molar-refractivity contribution in [3.63, 3.8) is 0 Å². The number of ether oxygens (including phenoxy) is 2. The number of nitrogens with one attached hydrogen (secondary N) is 1. The summed E-state index contributed by atoms with van der Waals surface area (Å²) >= 11 is 1.67. The van der Waals surface area contributed by atoms with Crippen molar-refractivity contribution < 1.29 is 14.3 Å². The van der Waals surface area contributed by atoms with Gasteiger partial charge in [0.25, 0.3) is 0 Å². The maximum atomic E-state index is 11.4. The summed E-state index contributed by atoms with van der Waals surface area (Å²) in [5, 5.41) is 4.53. The van der Waals surface area contributed by atoms with Crippen LogP contribution in [0.25, 0.3) is 0 Å². The van der Waals surface area contributed by atoms with E-state index in [-0.39, 0.29) is 6.10 Å². The topological polar surface area (TPSA) is 54.0 Å². The monoisotopic (exact) mass is 445 g/mol. The lowest BCUT2D eigenvalue weighted by atomic mass is 10.1. The van der Waals surface area contributed by atoms with Crippen molar-refractivity contribution in [2.45, 2.75) is 25.9 Å². The lowest BCUT2D eigenvalue weighted by Crippen LogP contribution is -2.31. The Kier molecular flexibility index (Phi) is 9.18. The first-order chi connectivity index (χ1) is 15.0. The third-order valence-corrected chi connectivity index (χ3v) is 6.57. The van der Waals surface area contributed by atoms with Crippen molar-refractivity contribution in [3.05, 3.63) is 52.2 Å². The molecule has 2 atom stereocenters. The van der Waals surface area contributed by atoms with Crippen LogP contribution in [-0.2, 0) is 11.2 Å². The van der Waals surface area contributed by atoms with Gasteiger partial charge in [-0.1, -0.05) is 31.2 Å². The summed E-state index contributed by atoms with van der Waals surface area (Å²) in [5.41, 5.74) is 1.22. The van der Waals surface area contributed by atoms with Gasteiger partial charge in [-0.3, -0.25) is 0 Å². The van der Waals surface area contributed by atoms with Crippen LogP contribution in [0, 0.1) is 5.92 Å². The largest absolute Gasteiger partial charge is 0.484 e. The standard InChI is InChI=1S/C24H35N3O3S/c1-19-17-26(3)13-14-27(18-19)12-10-20-7-4-5-8-21(20)30-22(23-9-6-16-31-23)11-15-29-24(28)25-2/h4-9,16,19,22H,10-15,17-18H2,1-3H3,(H,25,28). The van der Waals surface area contributed by atoms with Gasteiger partial charge in [0.15, 0.2) is 0 Å². The number of nitrogens with zero attached hydrogens (tertiary/aromatic N) is 2. The molecule has 6 nitrogen and oxygen atoms in total. The van der Waals surface area contributed by atoms with E-state index in [1.807, 2.05) is 18.2 Å². The zero-order valence-corrected chi connectivity index (χ0v) is 19.7. The molecule has 2 unspecified atom stereocenters. The number of amides is 1. The van der Waals surface area contributed by atoms with Crippen LogP contribution < -0.4 is 10.1 Å². The van der Waals surface area contributed by atoms with Crippen LogP contribution in [0.5, 0.6) is 5.75 Å². The van der Waals surface area contributed by atoms with Crippen molar-refractivity contribution >= 4 is 17.4 Å². The number of hydrogen-bond acceptors (Lipinski definition) is 6. The summed E-state index contributed by atoms with van der Waals surface area (Å²) in [6.45, 7) is 8.20. The van der Waals surface area contributed by atoms with Gasteiger partial charge >= 0.3 is 6.09 Å². The van der Waals surface area contributed by atoms with Crippen molar-refractivity contribution in [3.8, 4) is 5.75 Å². The number of likely N-dealkylation sites (N-methyl/N-ethyl adjacent to an activating group) is 1. The number of benzene rings is 1. The highest BCUT2D eigenvalue weighted by Gasteiger charge is 2.20. The summed E-state index contributed by atoms with van der Waals surface area (Å²) < 4.78 is 11.7. The molecule has 31 heavy (non-hydrogen) atoms. The lowest BCUT2D eigenvalue weighted by molar-refractivity contribution is 0.118. The summed E-state index contributed by atoms with van der Waals surface area (Å²) in [7, 11) is 3.77. The van der Waals surface area contributed by atoms with Gasteiger partial charge in [0, 0.05) is 51.1 Å². The highest BCUT2D eigenvalue weighted by molar-refractivity contribution is 7.10. The number of carbonyl (C=O) groups excluding carboxylic acids is 1. The first-order valence-electron chi connectivity index (χ1n) is 11.1. The number of alkyl carbamates (subject to hydrolysis) is 1. The Morgan fingerprint density at radius 3 is 2.84 bits per heavy atom. The molecule has 0 saturated carbocycles. The van der Waals surface area contributed by atoms with E-state index in [2.05, 4.69) is 52.7 Å². The average molecular weight is 446 g/mol. The summed E-state index contributed by atoms with van der Waals surface area (Å²) in [4.78, 5) is 17.5. The van der Waals surface area contributed by atoms with Crippen molar-refractivity contribution in [2.24, 2.45) is 5.92 Å². The maximum absolute atomic E-state index is 11.4. The van der Waals surface area contributed by atoms with E-state index in [4.69, 9.17) is 9.47 Å². The zero-order valence-electron chi connectivity index (χ0n) is 18.9. The van der Waals surface area contributed by atoms with E-state index in [1.165, 1.54) is 5.56 Å². The van der Waals surface area contributed by atoms with Crippen LogP contribution in [0.3, 0.4) is 0 Å². The van der Waals surface area contributed by atoms with E-state index in [0.717, 1.165) is 49.8 Å². The quantitative estimate of drug-likeness (QED) is 0.631. The Labute approximate surface area is 190 Å². The molecule has 7 heteroatoms. The summed E-state index contributed by atoms with van der Waals surface area (Å²) in [5.74, 6) is 1.60. The fourth-order valence-corrected chi connectivity index (χ4v) is 4.84. The molecule has 0 spiro atoms. The van der Waals surface area contributed by atoms with Crippen LogP contribution >= 0.6 is 11.3 Å². The first-order valence-corrected chi connectivity index (χ1v) is 12.0. The van der Waals surface area contributed by atoms with E-state index in [1.54, 1.807) is 18.4 Å². The van der Waals surface area contributed by atoms with Crippen molar-refractivity contribution in [2.75, 3.05) is 53.4 Å². The maximum Gasteiger partial charge on any atom is 0.406 e. The molecule has 170 valence electrons. The Balaban J connectivity index is 1.63. The van der Waals surface area contributed by atoms with Gasteiger partial charge in [0.2, 0.25) is 0 Å². The van der Waals surface area contributed by atoms with E-state index in [9.17, 15) is 4.79 Å². The van der Waals surface area contributed by atoms with Gasteiger partial charge in [-0.25, -0.2) is 4.79 Å². The van der Waals surface area contributed by atoms with Gasteiger partial charge in [-0.15, -0.1) is 11.3 Å². The summed E-state index contributed by atoms with van der Waals surface area (Å²) in [6, 6.07) is 12.4. The third-order valence-electron chi connectivity index (χ3n) is 5.61.